The lowest BCUT2D eigenvalue weighted by molar-refractivity contribution is -0.123. The molecule has 0 spiro atoms. The number of nitrogens with zero attached hydrogens (tertiary/aromatic N) is 3. The van der Waals surface area contributed by atoms with Gasteiger partial charge in [0, 0.05) is 18.5 Å². The molecule has 0 saturated heterocycles. The minimum absolute atomic E-state index is 0.0741. The summed E-state index contributed by atoms with van der Waals surface area (Å²) in [4.78, 5) is 28.3. The minimum Gasteiger partial charge on any atom is -0.352 e. The molecular formula is C16H24N6O2. The molecule has 0 radical (unpaired) electrons. The Morgan fingerprint density at radius 2 is 2.00 bits per heavy atom. The van der Waals surface area contributed by atoms with Crippen LogP contribution >= 0.6 is 0 Å². The van der Waals surface area contributed by atoms with E-state index in [0.717, 1.165) is 23.1 Å². The van der Waals surface area contributed by atoms with Crippen molar-refractivity contribution in [1.82, 2.24) is 25.4 Å². The van der Waals surface area contributed by atoms with Crippen molar-refractivity contribution in [3.8, 4) is 0 Å². The van der Waals surface area contributed by atoms with Gasteiger partial charge >= 0.3 is 6.03 Å². The molecule has 0 bridgehead atoms. The topological polar surface area (TPSA) is 101 Å². The summed E-state index contributed by atoms with van der Waals surface area (Å²) in [5.74, 6) is -0.212. The number of anilines is 1. The maximum absolute atomic E-state index is 12.1. The van der Waals surface area contributed by atoms with Gasteiger partial charge in [-0.15, -0.1) is 0 Å². The first kappa shape index (κ1) is 17.7. The maximum atomic E-state index is 12.1. The van der Waals surface area contributed by atoms with E-state index in [2.05, 4.69) is 26.0 Å². The van der Waals surface area contributed by atoms with E-state index >= 15 is 0 Å². The van der Waals surface area contributed by atoms with Crippen LogP contribution in [0, 0.1) is 6.92 Å². The van der Waals surface area contributed by atoms with Crippen LogP contribution in [0.2, 0.25) is 0 Å². The van der Waals surface area contributed by atoms with Crippen LogP contribution in [0.3, 0.4) is 0 Å². The van der Waals surface area contributed by atoms with Crippen LogP contribution in [0.15, 0.2) is 12.3 Å². The lowest BCUT2D eigenvalue weighted by Gasteiger charge is -2.17. The van der Waals surface area contributed by atoms with Gasteiger partial charge in [0.25, 0.3) is 0 Å². The first-order valence-electron chi connectivity index (χ1n) is 7.99. The second-order valence-corrected chi connectivity index (χ2v) is 5.94. The van der Waals surface area contributed by atoms with Gasteiger partial charge in [0.2, 0.25) is 5.91 Å². The van der Waals surface area contributed by atoms with Crippen LogP contribution in [0.25, 0.3) is 11.0 Å². The summed E-state index contributed by atoms with van der Waals surface area (Å²) in [6.07, 6.45) is 2.40. The van der Waals surface area contributed by atoms with Crippen molar-refractivity contribution in [2.75, 3.05) is 5.32 Å². The van der Waals surface area contributed by atoms with E-state index in [-0.39, 0.29) is 11.9 Å². The first-order chi connectivity index (χ1) is 11.3. The third kappa shape index (κ3) is 4.01. The van der Waals surface area contributed by atoms with Gasteiger partial charge in [-0.2, -0.15) is 5.10 Å². The number of aryl methyl sites for hydroxylation is 2. The van der Waals surface area contributed by atoms with Crippen molar-refractivity contribution >= 4 is 28.7 Å². The zero-order chi connectivity index (χ0) is 17.9. The monoisotopic (exact) mass is 332 g/mol. The van der Waals surface area contributed by atoms with Crippen molar-refractivity contribution in [2.24, 2.45) is 7.05 Å². The summed E-state index contributed by atoms with van der Waals surface area (Å²) < 4.78 is 1.69. The number of nitrogens with one attached hydrogen (secondary N) is 3. The molecule has 2 unspecified atom stereocenters. The molecule has 8 nitrogen and oxygen atoms in total. The molecule has 2 rings (SSSR count). The Kier molecular flexibility index (Phi) is 5.38. The Balaban J connectivity index is 1.99. The SMILES string of the molecule is CCC(C)NC(=O)C(C)NC(=O)Nc1cnc2c(c1)c(C)nn2C. The highest BCUT2D eigenvalue weighted by Crippen LogP contribution is 2.19. The number of rotatable bonds is 5. The number of pyridine rings is 1. The summed E-state index contributed by atoms with van der Waals surface area (Å²) in [6.45, 7) is 7.43. The molecule has 0 aliphatic carbocycles. The summed E-state index contributed by atoms with van der Waals surface area (Å²) in [6, 6.07) is 0.805. The van der Waals surface area contributed by atoms with Gasteiger partial charge in [0.1, 0.15) is 6.04 Å². The lowest BCUT2D eigenvalue weighted by atomic mass is 10.2. The molecule has 3 amide bonds. The number of hydrogen-bond donors (Lipinski definition) is 3. The predicted octanol–water partition coefficient (Wildman–Crippen LogP) is 1.70. The molecular weight excluding hydrogens is 308 g/mol. The molecule has 2 aromatic rings. The second-order valence-electron chi connectivity index (χ2n) is 5.94. The highest BCUT2D eigenvalue weighted by molar-refractivity contribution is 5.95. The number of amides is 3. The number of aromatic nitrogens is 3. The van der Waals surface area contributed by atoms with Gasteiger partial charge in [0.05, 0.1) is 17.6 Å². The smallest absolute Gasteiger partial charge is 0.319 e. The van der Waals surface area contributed by atoms with E-state index in [1.54, 1.807) is 17.8 Å². The van der Waals surface area contributed by atoms with Crippen LogP contribution in [0.5, 0.6) is 0 Å². The number of carbonyl (C=O) groups is 2. The van der Waals surface area contributed by atoms with Gasteiger partial charge in [-0.05, 0) is 33.3 Å². The number of urea groups is 1. The van der Waals surface area contributed by atoms with Crippen molar-refractivity contribution in [2.45, 2.75) is 46.2 Å². The Bertz CT molecular complexity index is 754. The average Bonchev–Trinajstić information content (AvgIpc) is 2.81. The van der Waals surface area contributed by atoms with Crippen molar-refractivity contribution in [1.29, 1.82) is 0 Å². The van der Waals surface area contributed by atoms with Crippen LogP contribution < -0.4 is 16.0 Å². The second kappa shape index (κ2) is 7.29. The van der Waals surface area contributed by atoms with E-state index < -0.39 is 12.1 Å². The predicted molar refractivity (Wildman–Crippen MR) is 92.8 cm³/mol. The highest BCUT2D eigenvalue weighted by atomic mass is 16.2. The Morgan fingerprint density at radius 1 is 1.29 bits per heavy atom. The summed E-state index contributed by atoms with van der Waals surface area (Å²) in [7, 11) is 1.82. The van der Waals surface area contributed by atoms with Gasteiger partial charge in [0.15, 0.2) is 5.65 Å². The van der Waals surface area contributed by atoms with Gasteiger partial charge in [-0.25, -0.2) is 9.78 Å². The molecule has 0 saturated carbocycles. The molecule has 2 aromatic heterocycles. The van der Waals surface area contributed by atoms with Gasteiger partial charge in [-0.1, -0.05) is 6.92 Å². The van der Waals surface area contributed by atoms with E-state index in [1.165, 1.54) is 0 Å². The summed E-state index contributed by atoms with van der Waals surface area (Å²) >= 11 is 0. The molecule has 0 aromatic carbocycles. The number of carbonyl (C=O) groups excluding carboxylic acids is 2. The molecule has 2 atom stereocenters. The van der Waals surface area contributed by atoms with Gasteiger partial charge < -0.3 is 16.0 Å². The number of fused-ring (bicyclic) bond motifs is 1. The molecule has 24 heavy (non-hydrogen) atoms. The van der Waals surface area contributed by atoms with E-state index in [1.807, 2.05) is 33.9 Å². The van der Waals surface area contributed by atoms with E-state index in [9.17, 15) is 9.59 Å². The molecule has 0 aliphatic heterocycles. The third-order valence-corrected chi connectivity index (χ3v) is 3.86. The fraction of sp³-hybridized carbons (Fsp3) is 0.500. The Morgan fingerprint density at radius 3 is 2.67 bits per heavy atom. The van der Waals surface area contributed by atoms with E-state index in [0.29, 0.717) is 5.69 Å². The molecule has 0 aliphatic rings. The maximum Gasteiger partial charge on any atom is 0.319 e. The Labute approximate surface area is 141 Å². The Hall–Kier alpha value is -2.64. The lowest BCUT2D eigenvalue weighted by Crippen LogP contribution is -2.48. The average molecular weight is 332 g/mol. The molecule has 3 N–H and O–H groups in total. The number of hydrogen-bond acceptors (Lipinski definition) is 4. The van der Waals surface area contributed by atoms with Crippen LogP contribution in [0.1, 0.15) is 32.9 Å². The zero-order valence-electron chi connectivity index (χ0n) is 14.7. The standard InChI is InChI=1S/C16H24N6O2/c1-6-9(2)18-15(23)11(4)19-16(24)20-12-7-13-10(3)21-22(5)14(13)17-8-12/h7-9,11H,6H2,1-5H3,(H,18,23)(H2,19,20,24). The fourth-order valence-corrected chi connectivity index (χ4v) is 2.28. The highest BCUT2D eigenvalue weighted by Gasteiger charge is 2.17. The van der Waals surface area contributed by atoms with Crippen LogP contribution in [0.4, 0.5) is 10.5 Å². The van der Waals surface area contributed by atoms with E-state index in [4.69, 9.17) is 0 Å². The van der Waals surface area contributed by atoms with Crippen molar-refractivity contribution < 1.29 is 9.59 Å². The van der Waals surface area contributed by atoms with Crippen molar-refractivity contribution in [3.05, 3.63) is 18.0 Å². The molecule has 0 fully saturated rings. The normalized spacial score (nSPS) is 13.4. The van der Waals surface area contributed by atoms with Crippen molar-refractivity contribution in [3.63, 3.8) is 0 Å². The minimum atomic E-state index is -0.629. The van der Waals surface area contributed by atoms with Crippen LogP contribution in [-0.2, 0) is 11.8 Å². The zero-order valence-corrected chi connectivity index (χ0v) is 14.7. The molecule has 2 heterocycles. The quantitative estimate of drug-likeness (QED) is 0.775. The summed E-state index contributed by atoms with van der Waals surface area (Å²) in [5, 5.41) is 13.3. The van der Waals surface area contributed by atoms with Gasteiger partial charge in [-0.3, -0.25) is 9.48 Å². The largest absolute Gasteiger partial charge is 0.352 e. The summed E-state index contributed by atoms with van der Waals surface area (Å²) in [5.41, 5.74) is 2.13. The molecule has 130 valence electrons. The third-order valence-electron chi connectivity index (χ3n) is 3.86. The fourth-order valence-electron chi connectivity index (χ4n) is 2.28. The first-order valence-corrected chi connectivity index (χ1v) is 7.99. The molecule has 8 heteroatoms. The van der Waals surface area contributed by atoms with Crippen LogP contribution in [-0.4, -0.2) is 38.8 Å².